The molecule has 0 aromatic heterocycles. The predicted octanol–water partition coefficient (Wildman–Crippen LogP) is 2.84. The van der Waals surface area contributed by atoms with Crippen molar-refractivity contribution in [1.82, 2.24) is 10.6 Å². The van der Waals surface area contributed by atoms with Crippen molar-refractivity contribution in [2.45, 2.75) is 77.5 Å². The highest BCUT2D eigenvalue weighted by Gasteiger charge is 2.25. The van der Waals surface area contributed by atoms with Crippen molar-refractivity contribution in [1.29, 1.82) is 0 Å². The molecule has 1 amide bonds. The summed E-state index contributed by atoms with van der Waals surface area (Å²) >= 11 is 0. The van der Waals surface area contributed by atoms with E-state index in [1.54, 1.807) is 0 Å². The van der Waals surface area contributed by atoms with Crippen molar-refractivity contribution < 1.29 is 14.3 Å². The van der Waals surface area contributed by atoms with Gasteiger partial charge in [-0.3, -0.25) is 0 Å². The van der Waals surface area contributed by atoms with Crippen LogP contribution < -0.4 is 10.6 Å². The molecule has 21 heavy (non-hydrogen) atoms. The van der Waals surface area contributed by atoms with Gasteiger partial charge in [0.15, 0.2) is 0 Å². The molecule has 0 heterocycles. The molecule has 1 rings (SSSR count). The lowest BCUT2D eigenvalue weighted by Crippen LogP contribution is -2.45. The van der Waals surface area contributed by atoms with E-state index < -0.39 is 5.60 Å². The van der Waals surface area contributed by atoms with Crippen molar-refractivity contribution in [2.75, 3.05) is 19.8 Å². The van der Waals surface area contributed by atoms with E-state index in [4.69, 9.17) is 9.47 Å². The number of alkyl carbamates (subject to hydrolysis) is 1. The highest BCUT2D eigenvalue weighted by atomic mass is 16.6. The van der Waals surface area contributed by atoms with Crippen LogP contribution in [0.3, 0.4) is 0 Å². The first-order valence-electron chi connectivity index (χ1n) is 8.21. The molecule has 5 heteroatoms. The van der Waals surface area contributed by atoms with Crippen molar-refractivity contribution in [3.8, 4) is 0 Å². The SMILES string of the molecule is CCOCCCNC1CCCC(NC(=O)OC(C)(C)C)C1. The molecule has 2 N–H and O–H groups in total. The van der Waals surface area contributed by atoms with E-state index in [1.165, 1.54) is 6.42 Å². The topological polar surface area (TPSA) is 59.6 Å². The quantitative estimate of drug-likeness (QED) is 0.710. The monoisotopic (exact) mass is 300 g/mol. The maximum Gasteiger partial charge on any atom is 0.407 e. The Hall–Kier alpha value is -0.810. The first-order valence-corrected chi connectivity index (χ1v) is 8.21. The van der Waals surface area contributed by atoms with Gasteiger partial charge in [-0.1, -0.05) is 0 Å². The Labute approximate surface area is 129 Å². The second-order valence-corrected chi connectivity index (χ2v) is 6.71. The van der Waals surface area contributed by atoms with E-state index in [1.807, 2.05) is 27.7 Å². The number of nitrogens with one attached hydrogen (secondary N) is 2. The molecule has 0 spiro atoms. The molecule has 0 aliphatic heterocycles. The zero-order valence-corrected chi connectivity index (χ0v) is 14.0. The second-order valence-electron chi connectivity index (χ2n) is 6.71. The van der Waals surface area contributed by atoms with Gasteiger partial charge in [0.1, 0.15) is 5.60 Å². The minimum atomic E-state index is -0.435. The van der Waals surface area contributed by atoms with Gasteiger partial charge in [-0.05, 0) is 66.3 Å². The van der Waals surface area contributed by atoms with Crippen LogP contribution in [0, 0.1) is 0 Å². The summed E-state index contributed by atoms with van der Waals surface area (Å²) in [6, 6.07) is 0.707. The number of amides is 1. The third-order valence-electron chi connectivity index (χ3n) is 3.50. The molecule has 0 saturated heterocycles. The van der Waals surface area contributed by atoms with Gasteiger partial charge in [0, 0.05) is 25.3 Å². The van der Waals surface area contributed by atoms with Crippen LogP contribution in [0.15, 0.2) is 0 Å². The van der Waals surface area contributed by atoms with Crippen LogP contribution in [0.5, 0.6) is 0 Å². The first kappa shape index (κ1) is 18.2. The molecular weight excluding hydrogens is 268 g/mol. The van der Waals surface area contributed by atoms with Crippen LogP contribution in [-0.2, 0) is 9.47 Å². The summed E-state index contributed by atoms with van der Waals surface area (Å²) in [5, 5.41) is 6.55. The number of carbonyl (C=O) groups excluding carboxylic acids is 1. The first-order chi connectivity index (χ1) is 9.90. The average Bonchev–Trinajstić information content (AvgIpc) is 2.36. The normalized spacial score (nSPS) is 22.9. The number of rotatable bonds is 7. The van der Waals surface area contributed by atoms with Crippen LogP contribution in [0.4, 0.5) is 4.79 Å². The summed E-state index contributed by atoms with van der Waals surface area (Å²) in [5.74, 6) is 0. The third kappa shape index (κ3) is 8.94. The summed E-state index contributed by atoms with van der Waals surface area (Å²) in [4.78, 5) is 11.8. The highest BCUT2D eigenvalue weighted by Crippen LogP contribution is 2.19. The van der Waals surface area contributed by atoms with Crippen molar-refractivity contribution >= 4 is 6.09 Å². The zero-order chi connectivity index (χ0) is 15.7. The van der Waals surface area contributed by atoms with E-state index in [-0.39, 0.29) is 12.1 Å². The van der Waals surface area contributed by atoms with E-state index in [9.17, 15) is 4.79 Å². The molecule has 1 aliphatic rings. The van der Waals surface area contributed by atoms with E-state index in [2.05, 4.69) is 10.6 Å². The standard InChI is InChI=1S/C16H32N2O3/c1-5-20-11-7-10-17-13-8-6-9-14(12-13)18-15(19)21-16(2,3)4/h13-14,17H,5-12H2,1-4H3,(H,18,19). The minimum absolute atomic E-state index is 0.220. The molecule has 0 aromatic carbocycles. The summed E-state index contributed by atoms with van der Waals surface area (Å²) in [6.07, 6.45) is 5.08. The fourth-order valence-corrected chi connectivity index (χ4v) is 2.61. The second kappa shape index (κ2) is 9.26. The van der Waals surface area contributed by atoms with Gasteiger partial charge in [-0.25, -0.2) is 4.79 Å². The minimum Gasteiger partial charge on any atom is -0.444 e. The molecule has 0 aromatic rings. The van der Waals surface area contributed by atoms with E-state index in [0.29, 0.717) is 6.04 Å². The molecule has 1 saturated carbocycles. The van der Waals surface area contributed by atoms with Crippen LogP contribution in [0.1, 0.15) is 59.8 Å². The number of carbonyl (C=O) groups is 1. The van der Waals surface area contributed by atoms with Gasteiger partial charge in [0.25, 0.3) is 0 Å². The fourth-order valence-electron chi connectivity index (χ4n) is 2.61. The highest BCUT2D eigenvalue weighted by molar-refractivity contribution is 5.68. The van der Waals surface area contributed by atoms with Crippen LogP contribution in [-0.4, -0.2) is 43.5 Å². The lowest BCUT2D eigenvalue weighted by atomic mass is 9.91. The molecule has 1 aliphatic carbocycles. The predicted molar refractivity (Wildman–Crippen MR) is 84.5 cm³/mol. The van der Waals surface area contributed by atoms with Crippen LogP contribution in [0.25, 0.3) is 0 Å². The molecule has 1 fully saturated rings. The Bertz CT molecular complexity index is 302. The maximum absolute atomic E-state index is 11.8. The van der Waals surface area contributed by atoms with Gasteiger partial charge in [0.2, 0.25) is 0 Å². The molecule has 2 atom stereocenters. The molecular formula is C16H32N2O3. The molecule has 124 valence electrons. The zero-order valence-electron chi connectivity index (χ0n) is 14.0. The molecule has 0 bridgehead atoms. The summed E-state index contributed by atoms with van der Waals surface area (Å²) in [6.45, 7) is 10.2. The summed E-state index contributed by atoms with van der Waals surface area (Å²) < 4.78 is 10.6. The Morgan fingerprint density at radius 1 is 1.24 bits per heavy atom. The van der Waals surface area contributed by atoms with Crippen LogP contribution >= 0.6 is 0 Å². The van der Waals surface area contributed by atoms with Crippen LogP contribution in [0.2, 0.25) is 0 Å². The lowest BCUT2D eigenvalue weighted by molar-refractivity contribution is 0.0488. The van der Waals surface area contributed by atoms with Crippen molar-refractivity contribution in [2.24, 2.45) is 0 Å². The molecule has 0 radical (unpaired) electrons. The van der Waals surface area contributed by atoms with E-state index in [0.717, 1.165) is 45.4 Å². The number of ether oxygens (including phenoxy) is 2. The fraction of sp³-hybridized carbons (Fsp3) is 0.938. The van der Waals surface area contributed by atoms with Gasteiger partial charge in [-0.2, -0.15) is 0 Å². The smallest absolute Gasteiger partial charge is 0.407 e. The van der Waals surface area contributed by atoms with Gasteiger partial charge < -0.3 is 20.1 Å². The Morgan fingerprint density at radius 3 is 2.62 bits per heavy atom. The number of hydrogen-bond donors (Lipinski definition) is 2. The largest absolute Gasteiger partial charge is 0.444 e. The lowest BCUT2D eigenvalue weighted by Gasteiger charge is -2.31. The van der Waals surface area contributed by atoms with Crippen molar-refractivity contribution in [3.05, 3.63) is 0 Å². The van der Waals surface area contributed by atoms with Gasteiger partial charge in [0.05, 0.1) is 0 Å². The number of hydrogen-bond acceptors (Lipinski definition) is 4. The van der Waals surface area contributed by atoms with Gasteiger partial charge in [-0.15, -0.1) is 0 Å². The van der Waals surface area contributed by atoms with Crippen molar-refractivity contribution in [3.63, 3.8) is 0 Å². The third-order valence-corrected chi connectivity index (χ3v) is 3.50. The Morgan fingerprint density at radius 2 is 1.95 bits per heavy atom. The molecule has 2 unspecified atom stereocenters. The Balaban J connectivity index is 2.21. The summed E-state index contributed by atoms with van der Waals surface area (Å²) in [5.41, 5.74) is -0.435. The summed E-state index contributed by atoms with van der Waals surface area (Å²) in [7, 11) is 0. The van der Waals surface area contributed by atoms with Gasteiger partial charge >= 0.3 is 6.09 Å². The Kier molecular flexibility index (Phi) is 8.04. The maximum atomic E-state index is 11.8. The average molecular weight is 300 g/mol. The van der Waals surface area contributed by atoms with E-state index >= 15 is 0 Å². The molecule has 5 nitrogen and oxygen atoms in total.